The van der Waals surface area contributed by atoms with Crippen LogP contribution in [0.1, 0.15) is 72.6 Å². The Labute approximate surface area is 139 Å². The minimum Gasteiger partial charge on any atom is -0.459 e. The summed E-state index contributed by atoms with van der Waals surface area (Å²) in [6.45, 7) is 8.38. The zero-order valence-corrected chi connectivity index (χ0v) is 15.0. The van der Waals surface area contributed by atoms with Gasteiger partial charge in [0.05, 0.1) is 17.1 Å². The van der Waals surface area contributed by atoms with Crippen molar-refractivity contribution >= 4 is 5.97 Å². The molecule has 4 aliphatic carbocycles. The van der Waals surface area contributed by atoms with Crippen LogP contribution in [0, 0.1) is 23.7 Å². The van der Waals surface area contributed by atoms with Crippen molar-refractivity contribution in [3.05, 3.63) is 0 Å². The fourth-order valence-electron chi connectivity index (χ4n) is 5.80. The highest BCUT2D eigenvalue weighted by molar-refractivity contribution is 5.73. The van der Waals surface area contributed by atoms with Crippen molar-refractivity contribution in [3.63, 3.8) is 0 Å². The molecule has 0 aliphatic heterocycles. The van der Waals surface area contributed by atoms with E-state index in [-0.39, 0.29) is 23.7 Å². The van der Waals surface area contributed by atoms with E-state index in [9.17, 15) is 15.0 Å². The van der Waals surface area contributed by atoms with Gasteiger partial charge in [0.15, 0.2) is 0 Å². The van der Waals surface area contributed by atoms with Crippen LogP contribution >= 0.6 is 0 Å². The summed E-state index contributed by atoms with van der Waals surface area (Å²) in [4.78, 5) is 12.8. The number of hydrogen-bond donors (Lipinski definition) is 2. The Kier molecular flexibility index (Phi) is 4.08. The molecule has 4 nitrogen and oxygen atoms in total. The molecule has 4 bridgehead atoms. The fraction of sp³-hybridized carbons (Fsp3) is 0.947. The molecule has 0 radical (unpaired) electrons. The number of carbonyl (C=O) groups excluding carboxylic acids is 1. The molecule has 0 aromatic heterocycles. The molecule has 2 N–H and O–H groups in total. The number of esters is 1. The SMILES string of the molecule is CC(C)CC(C(=O)OC12CC3CC(O)(CC(O)(C3)C1)C2)C(C)C. The van der Waals surface area contributed by atoms with Gasteiger partial charge in [-0.15, -0.1) is 0 Å². The topological polar surface area (TPSA) is 66.8 Å². The minimum atomic E-state index is -0.847. The summed E-state index contributed by atoms with van der Waals surface area (Å²) in [5, 5.41) is 21.6. The zero-order valence-electron chi connectivity index (χ0n) is 15.0. The summed E-state index contributed by atoms with van der Waals surface area (Å²) < 4.78 is 6.05. The predicted molar refractivity (Wildman–Crippen MR) is 87.7 cm³/mol. The Hall–Kier alpha value is -0.610. The summed E-state index contributed by atoms with van der Waals surface area (Å²) >= 11 is 0. The van der Waals surface area contributed by atoms with Crippen LogP contribution in [0.5, 0.6) is 0 Å². The predicted octanol–water partition coefficient (Wildman–Crippen LogP) is 3.05. The molecule has 3 unspecified atom stereocenters. The molecule has 4 fully saturated rings. The highest BCUT2D eigenvalue weighted by Gasteiger charge is 2.64. The average molecular weight is 324 g/mol. The molecule has 0 saturated heterocycles. The number of ether oxygens (including phenoxy) is 1. The van der Waals surface area contributed by atoms with Gasteiger partial charge in [0.2, 0.25) is 0 Å². The van der Waals surface area contributed by atoms with Gasteiger partial charge in [0.1, 0.15) is 5.60 Å². The zero-order chi connectivity index (χ0) is 17.0. The maximum Gasteiger partial charge on any atom is 0.309 e. The van der Waals surface area contributed by atoms with Crippen LogP contribution in [-0.2, 0) is 9.53 Å². The number of rotatable bonds is 5. The van der Waals surface area contributed by atoms with Crippen LogP contribution in [0.4, 0.5) is 0 Å². The number of aliphatic hydroxyl groups is 2. The van der Waals surface area contributed by atoms with E-state index in [1.807, 2.05) is 0 Å². The standard InChI is InChI=1S/C19H32O4/c1-12(2)5-15(13(3)4)16(20)23-19-8-14-6-17(21,10-19)9-18(22,7-14)11-19/h12-15,21-22H,5-11H2,1-4H3. The second-order valence-electron chi connectivity index (χ2n) is 9.54. The van der Waals surface area contributed by atoms with Crippen molar-refractivity contribution in [2.24, 2.45) is 23.7 Å². The van der Waals surface area contributed by atoms with Crippen molar-refractivity contribution in [2.45, 2.75) is 89.4 Å². The van der Waals surface area contributed by atoms with E-state index >= 15 is 0 Å². The van der Waals surface area contributed by atoms with Crippen LogP contribution in [0.2, 0.25) is 0 Å². The largest absolute Gasteiger partial charge is 0.459 e. The maximum absolute atomic E-state index is 12.8. The van der Waals surface area contributed by atoms with Gasteiger partial charge in [-0.05, 0) is 43.4 Å². The highest BCUT2D eigenvalue weighted by atomic mass is 16.6. The average Bonchev–Trinajstić information content (AvgIpc) is 2.29. The van der Waals surface area contributed by atoms with Crippen LogP contribution < -0.4 is 0 Å². The fourth-order valence-corrected chi connectivity index (χ4v) is 5.80. The van der Waals surface area contributed by atoms with Crippen molar-refractivity contribution in [1.82, 2.24) is 0 Å². The first kappa shape index (κ1) is 17.2. The van der Waals surface area contributed by atoms with Crippen LogP contribution in [0.15, 0.2) is 0 Å². The second kappa shape index (κ2) is 5.45. The summed E-state index contributed by atoms with van der Waals surface area (Å²) in [7, 11) is 0. The van der Waals surface area contributed by atoms with E-state index in [1.54, 1.807) is 0 Å². The van der Waals surface area contributed by atoms with Crippen molar-refractivity contribution in [1.29, 1.82) is 0 Å². The molecule has 4 saturated carbocycles. The van der Waals surface area contributed by atoms with Gasteiger partial charge in [-0.1, -0.05) is 27.7 Å². The molecule has 23 heavy (non-hydrogen) atoms. The van der Waals surface area contributed by atoms with E-state index < -0.39 is 16.8 Å². The molecular formula is C19H32O4. The van der Waals surface area contributed by atoms with E-state index in [1.165, 1.54) is 0 Å². The molecule has 4 aliphatic rings. The third kappa shape index (κ3) is 3.30. The smallest absolute Gasteiger partial charge is 0.309 e. The van der Waals surface area contributed by atoms with Crippen LogP contribution in [-0.4, -0.2) is 33.0 Å². The van der Waals surface area contributed by atoms with Crippen molar-refractivity contribution in [2.75, 3.05) is 0 Å². The first-order chi connectivity index (χ1) is 10.5. The second-order valence-corrected chi connectivity index (χ2v) is 9.54. The van der Waals surface area contributed by atoms with E-state index in [0.29, 0.717) is 25.2 Å². The summed E-state index contributed by atoms with van der Waals surface area (Å²) in [6.07, 6.45) is 4.55. The van der Waals surface area contributed by atoms with E-state index in [4.69, 9.17) is 4.74 Å². The Balaban J connectivity index is 1.77. The molecular weight excluding hydrogens is 292 g/mol. The van der Waals surface area contributed by atoms with Gasteiger partial charge >= 0.3 is 5.97 Å². The van der Waals surface area contributed by atoms with E-state index in [2.05, 4.69) is 27.7 Å². The molecule has 132 valence electrons. The molecule has 0 spiro atoms. The Morgan fingerprint density at radius 3 is 2.04 bits per heavy atom. The lowest BCUT2D eigenvalue weighted by Crippen LogP contribution is -2.67. The van der Waals surface area contributed by atoms with Gasteiger partial charge in [-0.3, -0.25) is 4.79 Å². The van der Waals surface area contributed by atoms with Gasteiger partial charge in [0, 0.05) is 19.3 Å². The monoisotopic (exact) mass is 324 g/mol. The lowest BCUT2D eigenvalue weighted by molar-refractivity contribution is -0.263. The van der Waals surface area contributed by atoms with Crippen molar-refractivity contribution < 1.29 is 19.7 Å². The molecule has 0 aromatic carbocycles. The molecule has 4 rings (SSSR count). The summed E-state index contributed by atoms with van der Waals surface area (Å²) in [6, 6.07) is 0. The third-order valence-electron chi connectivity index (χ3n) is 6.11. The van der Waals surface area contributed by atoms with E-state index in [0.717, 1.165) is 25.7 Å². The molecule has 0 amide bonds. The number of hydrogen-bond acceptors (Lipinski definition) is 4. The lowest BCUT2D eigenvalue weighted by atomic mass is 9.50. The molecule has 3 atom stereocenters. The van der Waals surface area contributed by atoms with Crippen molar-refractivity contribution in [3.8, 4) is 0 Å². The maximum atomic E-state index is 12.8. The molecule has 4 heteroatoms. The Morgan fingerprint density at radius 2 is 1.61 bits per heavy atom. The molecule has 0 heterocycles. The van der Waals surface area contributed by atoms with Gasteiger partial charge in [-0.2, -0.15) is 0 Å². The third-order valence-corrected chi connectivity index (χ3v) is 6.11. The first-order valence-corrected chi connectivity index (χ1v) is 9.21. The normalized spacial score (nSPS) is 43.2. The Morgan fingerprint density at radius 1 is 1.04 bits per heavy atom. The molecule has 0 aromatic rings. The van der Waals surface area contributed by atoms with Crippen LogP contribution in [0.25, 0.3) is 0 Å². The highest BCUT2D eigenvalue weighted by Crippen LogP contribution is 2.60. The van der Waals surface area contributed by atoms with Crippen LogP contribution in [0.3, 0.4) is 0 Å². The lowest BCUT2D eigenvalue weighted by Gasteiger charge is -2.62. The number of carbonyl (C=O) groups is 1. The summed E-state index contributed by atoms with van der Waals surface area (Å²) in [5.41, 5.74) is -2.34. The van der Waals surface area contributed by atoms with Gasteiger partial charge < -0.3 is 14.9 Å². The van der Waals surface area contributed by atoms with Gasteiger partial charge in [-0.25, -0.2) is 0 Å². The minimum absolute atomic E-state index is 0.104. The summed E-state index contributed by atoms with van der Waals surface area (Å²) in [5.74, 6) is 0.719. The Bertz CT molecular complexity index is 466. The quantitative estimate of drug-likeness (QED) is 0.763. The van der Waals surface area contributed by atoms with Gasteiger partial charge in [0.25, 0.3) is 0 Å². The first-order valence-electron chi connectivity index (χ1n) is 9.21.